The fourth-order valence-electron chi connectivity index (χ4n) is 4.03. The molecule has 35 heavy (non-hydrogen) atoms. The van der Waals surface area contributed by atoms with E-state index in [0.717, 1.165) is 16.1 Å². The van der Waals surface area contributed by atoms with Gasteiger partial charge < -0.3 is 0 Å². The minimum Gasteiger partial charge on any atom is -0.245 e. The van der Waals surface area contributed by atoms with Gasteiger partial charge in [-0.15, -0.1) is 0 Å². The van der Waals surface area contributed by atoms with E-state index in [1.165, 1.54) is 33.4 Å². The Balaban J connectivity index is 1.78. The van der Waals surface area contributed by atoms with Crippen LogP contribution in [0.5, 0.6) is 0 Å². The third kappa shape index (κ3) is 5.08. The molecule has 2 amide bonds. The van der Waals surface area contributed by atoms with Crippen LogP contribution in [0.15, 0.2) is 82.4 Å². The Morgan fingerprint density at radius 1 is 1.11 bits per heavy atom. The van der Waals surface area contributed by atoms with Gasteiger partial charge in [0, 0.05) is 16.3 Å². The molecule has 10 heteroatoms. The number of carbonyl (C=O) groups excluding carboxylic acids is 1. The number of hydrogen-bond donors (Lipinski definition) is 0. The summed E-state index contributed by atoms with van der Waals surface area (Å²) in [5, 5.41) is 5.56. The van der Waals surface area contributed by atoms with Crippen molar-refractivity contribution in [2.45, 2.75) is 18.5 Å². The van der Waals surface area contributed by atoms with Crippen molar-refractivity contribution in [3.05, 3.63) is 99.0 Å². The highest BCUT2D eigenvalue weighted by Crippen LogP contribution is 2.40. The molecule has 0 saturated carbocycles. The molecule has 0 radical (unpaired) electrons. The van der Waals surface area contributed by atoms with Crippen LogP contribution in [0.25, 0.3) is 0 Å². The van der Waals surface area contributed by atoms with E-state index in [-0.39, 0.29) is 12.6 Å². The van der Waals surface area contributed by atoms with Gasteiger partial charge in [0.2, 0.25) is 0 Å². The van der Waals surface area contributed by atoms with Crippen LogP contribution < -0.4 is 4.31 Å². The Bertz CT molecular complexity index is 1270. The van der Waals surface area contributed by atoms with Crippen molar-refractivity contribution in [2.24, 2.45) is 5.10 Å². The van der Waals surface area contributed by atoms with Crippen LogP contribution in [0.1, 0.15) is 23.6 Å². The van der Waals surface area contributed by atoms with Gasteiger partial charge in [-0.05, 0) is 60.8 Å². The van der Waals surface area contributed by atoms with Gasteiger partial charge in [-0.2, -0.15) is 18.3 Å². The molecule has 3 aromatic rings. The monoisotopic (exact) mass is 581 g/mol. The molecule has 182 valence electrons. The van der Waals surface area contributed by atoms with E-state index in [4.69, 9.17) is 11.6 Å². The van der Waals surface area contributed by atoms with Crippen molar-refractivity contribution in [1.82, 2.24) is 5.01 Å². The second-order valence-electron chi connectivity index (χ2n) is 8.13. The van der Waals surface area contributed by atoms with Crippen LogP contribution in [0, 0.1) is 0 Å². The van der Waals surface area contributed by atoms with E-state index >= 15 is 0 Å². The second kappa shape index (κ2) is 9.87. The highest BCUT2D eigenvalue weighted by atomic mass is 79.9. The number of hydrogen-bond acceptors (Lipinski definition) is 3. The summed E-state index contributed by atoms with van der Waals surface area (Å²) in [5.74, 6) is 0. The molecule has 1 aliphatic rings. The Kier molecular flexibility index (Phi) is 7.22. The first kappa shape index (κ1) is 25.6. The van der Waals surface area contributed by atoms with E-state index < -0.39 is 22.2 Å². The lowest BCUT2D eigenvalue weighted by atomic mass is 9.76. The Morgan fingerprint density at radius 3 is 2.34 bits per heavy atom. The zero-order valence-corrected chi connectivity index (χ0v) is 21.8. The summed E-state index contributed by atoms with van der Waals surface area (Å²) in [6.07, 6.45) is -2.78. The Morgan fingerprint density at radius 2 is 1.77 bits per heavy atom. The molecular formula is C25H20BrClF3N3OS. The zero-order chi connectivity index (χ0) is 25.4. The Hall–Kier alpha value is -2.49. The molecule has 4 nitrogen and oxygen atoms in total. The third-order valence-electron chi connectivity index (χ3n) is 5.81. The number of nitrogens with zero attached hydrogens (tertiary/aromatic N) is 3. The van der Waals surface area contributed by atoms with Gasteiger partial charge in [0.25, 0.3) is 0 Å². The first-order valence-corrected chi connectivity index (χ1v) is 12.8. The fraction of sp³-hybridized carbons (Fsp3) is 0.200. The topological polar surface area (TPSA) is 35.9 Å². The number of urea groups is 1. The minimum atomic E-state index is -4.57. The van der Waals surface area contributed by atoms with Gasteiger partial charge in [-0.25, -0.2) is 14.1 Å². The van der Waals surface area contributed by atoms with E-state index in [2.05, 4.69) is 21.0 Å². The molecule has 4 rings (SSSR count). The molecule has 3 aromatic carbocycles. The minimum absolute atomic E-state index is 0.206. The quantitative estimate of drug-likeness (QED) is 0.292. The third-order valence-corrected chi connectivity index (χ3v) is 7.38. The SMILES string of the molecule is CSN(C(=O)N1CC(C)(c2ccccc2)C(c2ccc(C(F)(F)F)c(Cl)c2)=N1)c1ccc(Br)cc1. The fourth-order valence-corrected chi connectivity index (χ4v) is 5.16. The molecule has 0 N–H and O–H groups in total. The molecule has 1 unspecified atom stereocenters. The number of anilines is 1. The number of rotatable bonds is 4. The number of benzene rings is 3. The van der Waals surface area contributed by atoms with Crippen molar-refractivity contribution in [3.8, 4) is 0 Å². The van der Waals surface area contributed by atoms with Gasteiger partial charge in [0.05, 0.1) is 33.9 Å². The smallest absolute Gasteiger partial charge is 0.245 e. The maximum Gasteiger partial charge on any atom is 0.417 e. The van der Waals surface area contributed by atoms with Crippen molar-refractivity contribution >= 4 is 56.9 Å². The van der Waals surface area contributed by atoms with E-state index in [0.29, 0.717) is 17.0 Å². The van der Waals surface area contributed by atoms with Crippen LogP contribution in [0.3, 0.4) is 0 Å². The van der Waals surface area contributed by atoms with Gasteiger partial charge in [-0.3, -0.25) is 0 Å². The lowest BCUT2D eigenvalue weighted by Crippen LogP contribution is -2.41. The van der Waals surface area contributed by atoms with E-state index in [1.807, 2.05) is 61.5 Å². The molecule has 0 aliphatic carbocycles. The average Bonchev–Trinajstić information content (AvgIpc) is 3.19. The number of hydrazone groups is 1. The molecular weight excluding hydrogens is 563 g/mol. The lowest BCUT2D eigenvalue weighted by Gasteiger charge is -2.29. The number of amides is 2. The lowest BCUT2D eigenvalue weighted by molar-refractivity contribution is -0.137. The van der Waals surface area contributed by atoms with Crippen LogP contribution in [-0.2, 0) is 11.6 Å². The molecule has 1 atom stereocenters. The van der Waals surface area contributed by atoms with Crippen LogP contribution in [-0.4, -0.2) is 29.6 Å². The molecule has 0 bridgehead atoms. The maximum atomic E-state index is 13.5. The predicted molar refractivity (Wildman–Crippen MR) is 139 cm³/mol. The van der Waals surface area contributed by atoms with Gasteiger partial charge >= 0.3 is 12.2 Å². The molecule has 0 spiro atoms. The molecule has 0 aromatic heterocycles. The van der Waals surface area contributed by atoms with Crippen molar-refractivity contribution in [1.29, 1.82) is 0 Å². The number of carbonyl (C=O) groups is 1. The van der Waals surface area contributed by atoms with Crippen molar-refractivity contribution in [3.63, 3.8) is 0 Å². The largest absolute Gasteiger partial charge is 0.417 e. The number of alkyl halides is 3. The summed E-state index contributed by atoms with van der Waals surface area (Å²) < 4.78 is 42.2. The summed E-state index contributed by atoms with van der Waals surface area (Å²) in [6, 6.07) is 19.9. The van der Waals surface area contributed by atoms with Gasteiger partial charge in [-0.1, -0.05) is 63.9 Å². The summed E-state index contributed by atoms with van der Waals surface area (Å²) >= 11 is 10.7. The van der Waals surface area contributed by atoms with Crippen LogP contribution in [0.4, 0.5) is 23.7 Å². The summed E-state index contributed by atoms with van der Waals surface area (Å²) in [6.45, 7) is 2.13. The molecule has 1 aliphatic heterocycles. The summed E-state index contributed by atoms with van der Waals surface area (Å²) in [7, 11) is 0. The highest BCUT2D eigenvalue weighted by Gasteiger charge is 2.44. The predicted octanol–water partition coefficient (Wildman–Crippen LogP) is 8.00. The molecule has 0 fully saturated rings. The average molecular weight is 583 g/mol. The first-order chi connectivity index (χ1) is 16.5. The van der Waals surface area contributed by atoms with Gasteiger partial charge in [0.15, 0.2) is 0 Å². The zero-order valence-electron chi connectivity index (χ0n) is 18.7. The summed E-state index contributed by atoms with van der Waals surface area (Å²) in [5.41, 5.74) is 0.745. The van der Waals surface area contributed by atoms with Crippen molar-refractivity contribution < 1.29 is 18.0 Å². The number of halogens is 5. The molecule has 0 saturated heterocycles. The van der Waals surface area contributed by atoms with E-state index in [1.54, 1.807) is 6.26 Å². The second-order valence-corrected chi connectivity index (χ2v) is 10.2. The highest BCUT2D eigenvalue weighted by molar-refractivity contribution is 9.10. The molecule has 1 heterocycles. The standard InChI is InChI=1S/C25H20BrClF3N3OS/c1-24(17-6-4-3-5-7-17)15-32(23(34)33(35-2)19-11-9-18(26)10-12-19)31-22(24)16-8-13-20(21(27)14-16)25(28,29)30/h3-14H,15H2,1-2H3. The summed E-state index contributed by atoms with van der Waals surface area (Å²) in [4.78, 5) is 13.5. The van der Waals surface area contributed by atoms with Crippen LogP contribution in [0.2, 0.25) is 5.02 Å². The Labute approximate surface area is 219 Å². The van der Waals surface area contributed by atoms with Crippen molar-refractivity contribution in [2.75, 3.05) is 17.1 Å². The normalized spacial score (nSPS) is 17.9. The van der Waals surface area contributed by atoms with Gasteiger partial charge in [0.1, 0.15) is 0 Å². The van der Waals surface area contributed by atoms with Crippen LogP contribution >= 0.6 is 39.5 Å². The first-order valence-electron chi connectivity index (χ1n) is 10.5. The maximum absolute atomic E-state index is 13.5. The van der Waals surface area contributed by atoms with E-state index in [9.17, 15) is 18.0 Å².